The molecule has 0 N–H and O–H groups in total. The van der Waals surface area contributed by atoms with Gasteiger partial charge in [-0.2, -0.15) is 0 Å². The van der Waals surface area contributed by atoms with E-state index in [0.717, 1.165) is 12.1 Å². The minimum atomic E-state index is -2.28. The molecule has 1 saturated heterocycles. The highest BCUT2D eigenvalue weighted by atomic mass is 28.5. The predicted molar refractivity (Wildman–Crippen MR) is 139 cm³/mol. The highest BCUT2D eigenvalue weighted by Crippen LogP contribution is 2.35. The molecule has 30 heavy (non-hydrogen) atoms. The second kappa shape index (κ2) is 13.4. The van der Waals surface area contributed by atoms with Gasteiger partial charge in [-0.05, 0) is 51.4 Å². The van der Waals surface area contributed by atoms with Crippen LogP contribution in [-0.4, -0.2) is 34.2 Å². The van der Waals surface area contributed by atoms with Gasteiger partial charge in [0.25, 0.3) is 0 Å². The minimum absolute atomic E-state index is 1.06. The van der Waals surface area contributed by atoms with Gasteiger partial charge in [0.1, 0.15) is 0 Å². The Balaban J connectivity index is 2.66. The summed E-state index contributed by atoms with van der Waals surface area (Å²) >= 11 is 0. The first-order chi connectivity index (χ1) is 13.9. The van der Waals surface area contributed by atoms with Gasteiger partial charge in [0.15, 0.2) is 0 Å². The smallest absolute Gasteiger partial charge is 0.317 e. The van der Waals surface area contributed by atoms with E-state index in [1.54, 1.807) is 0 Å². The Kier molecular flexibility index (Phi) is 12.9. The maximum atomic E-state index is 6.81. The van der Waals surface area contributed by atoms with E-state index in [1.807, 2.05) is 0 Å². The molecule has 4 nitrogen and oxygen atoms in total. The van der Waals surface area contributed by atoms with Crippen LogP contribution in [0.5, 0.6) is 0 Å². The first-order valence-corrected chi connectivity index (χ1v) is 23.4. The molecule has 0 saturated carbocycles. The Hall–Kier alpha value is 0.708. The van der Waals surface area contributed by atoms with Gasteiger partial charge in [-0.1, -0.05) is 90.9 Å². The van der Waals surface area contributed by atoms with Crippen LogP contribution >= 0.6 is 0 Å². The number of hydrogen-bond acceptors (Lipinski definition) is 4. The van der Waals surface area contributed by atoms with Crippen molar-refractivity contribution in [1.29, 1.82) is 0 Å². The number of hydrogen-bond donors (Lipinski definition) is 0. The molecule has 0 aliphatic carbocycles. The lowest BCUT2D eigenvalue weighted by Gasteiger charge is -2.48. The molecule has 180 valence electrons. The van der Waals surface area contributed by atoms with Gasteiger partial charge >= 0.3 is 34.2 Å². The molecule has 8 heteroatoms. The standard InChI is InChI=1S/C22H52O4Si4/c1-9-11-13-15-17-19-21-29(7)23-27(3,4)25-30(8,26-28(5,6)24-29)22-20-18-16-14-12-10-2/h9-22H2,1-8H3. The average Bonchev–Trinajstić information content (AvgIpc) is 2.57. The molecule has 0 atom stereocenters. The normalized spacial score (nSPS) is 28.8. The molecule has 0 bridgehead atoms. The van der Waals surface area contributed by atoms with E-state index in [0.29, 0.717) is 0 Å². The molecule has 0 aromatic carbocycles. The fourth-order valence-electron chi connectivity index (χ4n) is 4.82. The second-order valence-corrected chi connectivity index (χ2v) is 24.9. The molecular weight excluding hydrogens is 441 g/mol. The molecule has 0 radical (unpaired) electrons. The summed E-state index contributed by atoms with van der Waals surface area (Å²) < 4.78 is 27.2. The van der Waals surface area contributed by atoms with Crippen LogP contribution in [0.4, 0.5) is 0 Å². The zero-order chi connectivity index (χ0) is 22.7. The van der Waals surface area contributed by atoms with E-state index < -0.39 is 34.2 Å². The van der Waals surface area contributed by atoms with E-state index >= 15 is 0 Å². The van der Waals surface area contributed by atoms with Crippen molar-refractivity contribution in [2.24, 2.45) is 0 Å². The van der Waals surface area contributed by atoms with Crippen LogP contribution < -0.4 is 0 Å². The third-order valence-corrected chi connectivity index (χ3v) is 23.1. The van der Waals surface area contributed by atoms with Crippen LogP contribution in [0.15, 0.2) is 0 Å². The molecule has 1 rings (SSSR count). The van der Waals surface area contributed by atoms with Gasteiger partial charge in [-0.3, -0.25) is 0 Å². The molecule has 0 amide bonds. The van der Waals surface area contributed by atoms with Crippen LogP contribution in [0.25, 0.3) is 0 Å². The molecule has 1 aliphatic rings. The maximum Gasteiger partial charge on any atom is 0.317 e. The summed E-state index contributed by atoms with van der Waals surface area (Å²) in [6, 6.07) is 2.13. The highest BCUT2D eigenvalue weighted by molar-refractivity contribution is 6.93. The van der Waals surface area contributed by atoms with Crippen LogP contribution in [0.2, 0.25) is 51.4 Å². The summed E-state index contributed by atoms with van der Waals surface area (Å²) in [7, 11) is -9.10. The fraction of sp³-hybridized carbons (Fsp3) is 1.00. The Bertz CT molecular complexity index is 416. The van der Waals surface area contributed by atoms with Crippen molar-refractivity contribution >= 4 is 34.2 Å². The second-order valence-electron chi connectivity index (χ2n) is 10.5. The fourth-order valence-corrected chi connectivity index (χ4v) is 27.0. The van der Waals surface area contributed by atoms with E-state index in [4.69, 9.17) is 16.5 Å². The molecule has 1 heterocycles. The Morgan fingerprint density at radius 2 is 0.667 bits per heavy atom. The van der Waals surface area contributed by atoms with E-state index in [1.165, 1.54) is 77.0 Å². The van der Waals surface area contributed by atoms with Crippen LogP contribution in [0.1, 0.15) is 90.9 Å². The van der Waals surface area contributed by atoms with Crippen LogP contribution in [-0.2, 0) is 16.5 Å². The molecule has 0 unspecified atom stereocenters. The van der Waals surface area contributed by atoms with E-state index in [2.05, 4.69) is 53.1 Å². The monoisotopic (exact) mass is 492 g/mol. The lowest BCUT2D eigenvalue weighted by molar-refractivity contribution is 0.229. The number of unbranched alkanes of at least 4 members (excludes halogenated alkanes) is 10. The van der Waals surface area contributed by atoms with Crippen molar-refractivity contribution < 1.29 is 16.5 Å². The summed E-state index contributed by atoms with van der Waals surface area (Å²) in [5.74, 6) is 0. The quantitative estimate of drug-likeness (QED) is 0.180. The highest BCUT2D eigenvalue weighted by Gasteiger charge is 2.53. The minimum Gasteiger partial charge on any atom is -0.416 e. The van der Waals surface area contributed by atoms with Crippen molar-refractivity contribution in [1.82, 2.24) is 0 Å². The topological polar surface area (TPSA) is 36.9 Å². The van der Waals surface area contributed by atoms with Gasteiger partial charge < -0.3 is 16.5 Å². The average molecular weight is 493 g/mol. The van der Waals surface area contributed by atoms with Gasteiger partial charge in [0, 0.05) is 0 Å². The SMILES string of the molecule is CCCCCCCC[Si]1(C)O[Si](C)(C)O[Si](C)(CCCCCCCC)O[Si](C)(C)O1. The summed E-state index contributed by atoms with van der Waals surface area (Å²) in [6.45, 7) is 17.9. The zero-order valence-electron chi connectivity index (χ0n) is 21.5. The largest absolute Gasteiger partial charge is 0.416 e. The van der Waals surface area contributed by atoms with E-state index in [-0.39, 0.29) is 0 Å². The molecule has 1 aliphatic heterocycles. The van der Waals surface area contributed by atoms with E-state index in [9.17, 15) is 0 Å². The van der Waals surface area contributed by atoms with Crippen molar-refractivity contribution in [3.8, 4) is 0 Å². The van der Waals surface area contributed by atoms with Gasteiger partial charge in [-0.25, -0.2) is 0 Å². The van der Waals surface area contributed by atoms with Crippen molar-refractivity contribution in [2.45, 2.75) is 142 Å². The Morgan fingerprint density at radius 1 is 0.400 bits per heavy atom. The van der Waals surface area contributed by atoms with Crippen LogP contribution in [0, 0.1) is 0 Å². The summed E-state index contributed by atoms with van der Waals surface area (Å²) in [5, 5.41) is 0. The van der Waals surface area contributed by atoms with Gasteiger partial charge in [0.05, 0.1) is 0 Å². The first kappa shape index (κ1) is 28.7. The lowest BCUT2D eigenvalue weighted by Crippen LogP contribution is -2.65. The van der Waals surface area contributed by atoms with Crippen LogP contribution in [0.3, 0.4) is 0 Å². The molecule has 0 aromatic heterocycles. The Morgan fingerprint density at radius 3 is 0.967 bits per heavy atom. The molecular formula is C22H52O4Si4. The van der Waals surface area contributed by atoms with Gasteiger partial charge in [-0.15, -0.1) is 0 Å². The zero-order valence-corrected chi connectivity index (χ0v) is 25.5. The third kappa shape index (κ3) is 12.1. The maximum absolute atomic E-state index is 6.81. The van der Waals surface area contributed by atoms with Crippen molar-refractivity contribution in [3.63, 3.8) is 0 Å². The first-order valence-electron chi connectivity index (χ1n) is 12.8. The summed E-state index contributed by atoms with van der Waals surface area (Å²) in [4.78, 5) is 0. The van der Waals surface area contributed by atoms with Crippen molar-refractivity contribution in [2.75, 3.05) is 0 Å². The summed E-state index contributed by atoms with van der Waals surface area (Å²) in [5.41, 5.74) is 0. The third-order valence-electron chi connectivity index (χ3n) is 5.82. The van der Waals surface area contributed by atoms with Gasteiger partial charge in [0.2, 0.25) is 0 Å². The summed E-state index contributed by atoms with van der Waals surface area (Å²) in [6.07, 6.45) is 15.6. The predicted octanol–water partition coefficient (Wildman–Crippen LogP) is 8.34. The molecule has 0 aromatic rings. The molecule has 0 spiro atoms. The lowest BCUT2D eigenvalue weighted by atomic mass is 10.1. The van der Waals surface area contributed by atoms with Crippen molar-refractivity contribution in [3.05, 3.63) is 0 Å². The number of rotatable bonds is 14. The molecule has 1 fully saturated rings. The Labute approximate surface area is 192 Å².